The molecule has 1 saturated carbocycles. The number of hydrogen-bond donors (Lipinski definition) is 2. The van der Waals surface area contributed by atoms with Gasteiger partial charge in [0.1, 0.15) is 0 Å². The highest BCUT2D eigenvalue weighted by Gasteiger charge is 2.29. The van der Waals surface area contributed by atoms with Gasteiger partial charge in [0.2, 0.25) is 0 Å². The van der Waals surface area contributed by atoms with E-state index in [1.165, 1.54) is 23.7 Å². The summed E-state index contributed by atoms with van der Waals surface area (Å²) in [5.41, 5.74) is 3.47. The molecule has 0 bridgehead atoms. The monoisotopic (exact) mass is 420 g/mol. The van der Waals surface area contributed by atoms with Crippen molar-refractivity contribution in [1.82, 2.24) is 5.32 Å². The number of carbonyl (C=O) groups excluding carboxylic acids is 2. The Bertz CT molecular complexity index is 997. The summed E-state index contributed by atoms with van der Waals surface area (Å²) in [4.78, 5) is 27.0. The van der Waals surface area contributed by atoms with Crippen molar-refractivity contribution in [1.29, 1.82) is 0 Å². The summed E-state index contributed by atoms with van der Waals surface area (Å²) in [5, 5.41) is 6.16. The standard InChI is InChI=1S/C25H28N2O2S/c1-15-7-9-18(10-8-15)13-23-25(29)27-21-14-19(11-12-22(21)30-23)24(28)26-20-6-4-5-16(2)17(20)3/h7-14,16-17,20H,4-6H2,1-3H3,(H,26,28)(H,27,29). The maximum absolute atomic E-state index is 12.8. The Hall–Kier alpha value is -2.53. The lowest BCUT2D eigenvalue weighted by Gasteiger charge is -2.34. The molecule has 2 aromatic rings. The van der Waals surface area contributed by atoms with Gasteiger partial charge in [-0.05, 0) is 55.0 Å². The van der Waals surface area contributed by atoms with E-state index in [2.05, 4.69) is 24.5 Å². The zero-order valence-corrected chi connectivity index (χ0v) is 18.5. The van der Waals surface area contributed by atoms with Crippen molar-refractivity contribution < 1.29 is 9.59 Å². The molecule has 2 aliphatic rings. The third-order valence-corrected chi connectivity index (χ3v) is 7.43. The summed E-state index contributed by atoms with van der Waals surface area (Å²) in [6.07, 6.45) is 5.31. The lowest BCUT2D eigenvalue weighted by molar-refractivity contribution is -0.112. The van der Waals surface area contributed by atoms with Gasteiger partial charge < -0.3 is 10.6 Å². The Morgan fingerprint density at radius 2 is 1.90 bits per heavy atom. The van der Waals surface area contributed by atoms with Crippen LogP contribution in [0.2, 0.25) is 0 Å². The van der Waals surface area contributed by atoms with Gasteiger partial charge in [-0.1, -0.05) is 68.3 Å². The fourth-order valence-electron chi connectivity index (χ4n) is 4.15. The molecular weight excluding hydrogens is 392 g/mol. The molecule has 0 spiro atoms. The lowest BCUT2D eigenvalue weighted by atomic mass is 9.78. The maximum atomic E-state index is 12.8. The van der Waals surface area contributed by atoms with Gasteiger partial charge in [0.15, 0.2) is 0 Å². The van der Waals surface area contributed by atoms with Crippen molar-refractivity contribution in [3.63, 3.8) is 0 Å². The number of hydrogen-bond acceptors (Lipinski definition) is 3. The number of thioether (sulfide) groups is 1. The van der Waals surface area contributed by atoms with Crippen LogP contribution in [-0.4, -0.2) is 17.9 Å². The van der Waals surface area contributed by atoms with Crippen molar-refractivity contribution in [2.75, 3.05) is 5.32 Å². The summed E-state index contributed by atoms with van der Waals surface area (Å²) < 4.78 is 0. The SMILES string of the molecule is Cc1ccc(C=C2Sc3ccc(C(=O)NC4CCCC(C)C4C)cc3NC2=O)cc1. The molecule has 1 aliphatic carbocycles. The van der Waals surface area contributed by atoms with E-state index in [-0.39, 0.29) is 17.9 Å². The normalized spacial score (nSPS) is 24.8. The van der Waals surface area contributed by atoms with Gasteiger partial charge in [-0.2, -0.15) is 0 Å². The van der Waals surface area contributed by atoms with Gasteiger partial charge in [0.25, 0.3) is 11.8 Å². The molecule has 0 radical (unpaired) electrons. The number of nitrogens with one attached hydrogen (secondary N) is 2. The van der Waals surface area contributed by atoms with Crippen LogP contribution in [0.5, 0.6) is 0 Å². The van der Waals surface area contributed by atoms with Crippen molar-refractivity contribution in [3.8, 4) is 0 Å². The molecule has 2 aromatic carbocycles. The largest absolute Gasteiger partial charge is 0.349 e. The average molecular weight is 421 g/mol. The molecule has 2 N–H and O–H groups in total. The van der Waals surface area contributed by atoms with Crippen LogP contribution >= 0.6 is 11.8 Å². The predicted molar refractivity (Wildman–Crippen MR) is 124 cm³/mol. The molecule has 2 amide bonds. The quantitative estimate of drug-likeness (QED) is 0.632. The minimum absolute atomic E-state index is 0.0657. The van der Waals surface area contributed by atoms with E-state index >= 15 is 0 Å². The van der Waals surface area contributed by atoms with Gasteiger partial charge in [-0.3, -0.25) is 9.59 Å². The molecule has 30 heavy (non-hydrogen) atoms. The second-order valence-corrected chi connectivity index (χ2v) is 9.62. The van der Waals surface area contributed by atoms with E-state index in [1.54, 1.807) is 6.07 Å². The highest BCUT2D eigenvalue weighted by molar-refractivity contribution is 8.04. The van der Waals surface area contributed by atoms with Crippen LogP contribution in [0.3, 0.4) is 0 Å². The summed E-state index contributed by atoms with van der Waals surface area (Å²) >= 11 is 1.44. The third-order valence-electron chi connectivity index (χ3n) is 6.33. The summed E-state index contributed by atoms with van der Waals surface area (Å²) in [7, 11) is 0. The first-order valence-corrected chi connectivity index (χ1v) is 11.4. The van der Waals surface area contributed by atoms with Crippen LogP contribution < -0.4 is 10.6 Å². The first-order chi connectivity index (χ1) is 14.4. The molecule has 1 aliphatic heterocycles. The van der Waals surface area contributed by atoms with Crippen LogP contribution in [0.4, 0.5) is 5.69 Å². The summed E-state index contributed by atoms with van der Waals surface area (Å²) in [6.45, 7) is 6.52. The van der Waals surface area contributed by atoms with Gasteiger partial charge in [0.05, 0.1) is 10.6 Å². The van der Waals surface area contributed by atoms with Crippen LogP contribution in [0, 0.1) is 18.8 Å². The number of amides is 2. The molecule has 4 nitrogen and oxygen atoms in total. The van der Waals surface area contributed by atoms with Gasteiger partial charge in [0, 0.05) is 16.5 Å². The second-order valence-electron chi connectivity index (χ2n) is 8.53. The number of anilines is 1. The van der Waals surface area contributed by atoms with E-state index in [1.807, 2.05) is 49.4 Å². The molecule has 1 heterocycles. The molecule has 0 aromatic heterocycles. The van der Waals surface area contributed by atoms with Crippen molar-refractivity contribution in [2.24, 2.45) is 11.8 Å². The van der Waals surface area contributed by atoms with Crippen LogP contribution in [-0.2, 0) is 4.79 Å². The molecule has 1 fully saturated rings. The van der Waals surface area contributed by atoms with Gasteiger partial charge >= 0.3 is 0 Å². The highest BCUT2D eigenvalue weighted by Crippen LogP contribution is 2.39. The van der Waals surface area contributed by atoms with E-state index in [0.29, 0.717) is 28.0 Å². The van der Waals surface area contributed by atoms with E-state index in [4.69, 9.17) is 0 Å². The Labute approximate surface area is 182 Å². The Kier molecular flexibility index (Phi) is 6.00. The fourth-order valence-corrected chi connectivity index (χ4v) is 5.08. The molecule has 3 unspecified atom stereocenters. The van der Waals surface area contributed by atoms with Crippen molar-refractivity contribution in [3.05, 3.63) is 64.1 Å². The van der Waals surface area contributed by atoms with Gasteiger partial charge in [-0.25, -0.2) is 0 Å². The number of benzene rings is 2. The minimum Gasteiger partial charge on any atom is -0.349 e. The fraction of sp³-hybridized carbons (Fsp3) is 0.360. The molecule has 0 saturated heterocycles. The summed E-state index contributed by atoms with van der Waals surface area (Å²) in [6, 6.07) is 13.8. The van der Waals surface area contributed by atoms with Crippen LogP contribution in [0.15, 0.2) is 52.3 Å². The second kappa shape index (κ2) is 8.68. The number of rotatable bonds is 3. The number of carbonyl (C=O) groups is 2. The van der Waals surface area contributed by atoms with E-state index in [0.717, 1.165) is 23.3 Å². The minimum atomic E-state index is -0.139. The molecule has 4 rings (SSSR count). The lowest BCUT2D eigenvalue weighted by Crippen LogP contribution is -2.43. The topological polar surface area (TPSA) is 58.2 Å². The molecule has 156 valence electrons. The Morgan fingerprint density at radius 3 is 2.67 bits per heavy atom. The first kappa shape index (κ1) is 20.7. The van der Waals surface area contributed by atoms with Crippen molar-refractivity contribution >= 4 is 35.3 Å². The van der Waals surface area contributed by atoms with Crippen LogP contribution in [0.25, 0.3) is 6.08 Å². The van der Waals surface area contributed by atoms with E-state index < -0.39 is 0 Å². The highest BCUT2D eigenvalue weighted by atomic mass is 32.2. The smallest absolute Gasteiger partial charge is 0.262 e. The summed E-state index contributed by atoms with van der Waals surface area (Å²) in [5.74, 6) is 0.899. The number of fused-ring (bicyclic) bond motifs is 1. The molecular formula is C25H28N2O2S. The predicted octanol–water partition coefficient (Wildman–Crippen LogP) is 5.63. The number of aryl methyl sites for hydroxylation is 1. The van der Waals surface area contributed by atoms with Crippen LogP contribution in [0.1, 0.15) is 54.6 Å². The third kappa shape index (κ3) is 4.46. The zero-order chi connectivity index (χ0) is 21.3. The molecule has 3 atom stereocenters. The van der Waals surface area contributed by atoms with E-state index in [9.17, 15) is 9.59 Å². The average Bonchev–Trinajstić information content (AvgIpc) is 2.73. The van der Waals surface area contributed by atoms with Gasteiger partial charge in [-0.15, -0.1) is 0 Å². The Morgan fingerprint density at radius 1 is 1.13 bits per heavy atom. The Balaban J connectivity index is 1.49. The molecule has 5 heteroatoms. The zero-order valence-electron chi connectivity index (χ0n) is 17.7. The first-order valence-electron chi connectivity index (χ1n) is 10.6. The maximum Gasteiger partial charge on any atom is 0.262 e. The van der Waals surface area contributed by atoms with Crippen molar-refractivity contribution in [2.45, 2.75) is 51.0 Å².